The van der Waals surface area contributed by atoms with Crippen LogP contribution in [-0.4, -0.2) is 22.8 Å². The second-order valence-corrected chi connectivity index (χ2v) is 8.35. The number of benzene rings is 2. The van der Waals surface area contributed by atoms with Gasteiger partial charge in [-0.25, -0.2) is 0 Å². The predicted molar refractivity (Wildman–Crippen MR) is 103 cm³/mol. The molecule has 0 aromatic heterocycles. The number of hydrogen-bond donors (Lipinski definition) is 3. The van der Waals surface area contributed by atoms with Crippen LogP contribution in [0.15, 0.2) is 36.4 Å². The molecule has 6 nitrogen and oxygen atoms in total. The minimum atomic E-state index is -1.92. The molecule has 1 fully saturated rings. The smallest absolute Gasteiger partial charge is 0.255 e. The molecule has 3 aliphatic rings. The summed E-state index contributed by atoms with van der Waals surface area (Å²) in [6.07, 6.45) is 1.74. The Morgan fingerprint density at radius 2 is 1.96 bits per heavy atom. The van der Waals surface area contributed by atoms with E-state index in [-0.39, 0.29) is 17.3 Å². The van der Waals surface area contributed by atoms with Crippen molar-refractivity contribution in [2.24, 2.45) is 0 Å². The maximum absolute atomic E-state index is 13.9. The summed E-state index contributed by atoms with van der Waals surface area (Å²) in [5, 5.41) is 14.8. The zero-order valence-electron chi connectivity index (χ0n) is 15.8. The summed E-state index contributed by atoms with van der Waals surface area (Å²) in [6, 6.07) is 10.7. The number of carbonyl (C=O) groups is 2. The summed E-state index contributed by atoms with van der Waals surface area (Å²) < 4.78 is 6.16. The quantitative estimate of drug-likeness (QED) is 0.560. The van der Waals surface area contributed by atoms with Crippen molar-refractivity contribution in [3.8, 4) is 5.75 Å². The number of nitrogens with two attached hydrogens (primary N) is 1. The van der Waals surface area contributed by atoms with Gasteiger partial charge >= 0.3 is 0 Å². The van der Waals surface area contributed by atoms with Crippen LogP contribution in [0.3, 0.4) is 0 Å². The fraction of sp³-hybridized carbons (Fsp3) is 0.364. The average Bonchev–Trinajstić information content (AvgIpc) is 3.32. The number of amides is 1. The molecule has 1 heterocycles. The van der Waals surface area contributed by atoms with Gasteiger partial charge in [0.25, 0.3) is 5.79 Å². The van der Waals surface area contributed by atoms with E-state index in [1.54, 1.807) is 18.2 Å². The summed E-state index contributed by atoms with van der Waals surface area (Å²) in [5.41, 5.74) is 6.36. The first-order chi connectivity index (χ1) is 13.3. The molecule has 2 unspecified atom stereocenters. The lowest BCUT2D eigenvalue weighted by atomic mass is 9.66. The fourth-order valence-corrected chi connectivity index (χ4v) is 5.20. The number of nitrogens with one attached hydrogen (secondary N) is 1. The highest BCUT2D eigenvalue weighted by atomic mass is 16.6. The number of anilines is 1. The Kier molecular flexibility index (Phi) is 3.17. The number of ketones is 1. The van der Waals surface area contributed by atoms with Gasteiger partial charge < -0.3 is 20.9 Å². The third-order valence-electron chi connectivity index (χ3n) is 6.67. The molecule has 0 bridgehead atoms. The Labute approximate surface area is 162 Å². The molecule has 6 heteroatoms. The van der Waals surface area contributed by atoms with E-state index in [1.165, 1.54) is 0 Å². The summed E-state index contributed by atoms with van der Waals surface area (Å²) >= 11 is 0. The Morgan fingerprint density at radius 1 is 1.21 bits per heavy atom. The molecule has 28 heavy (non-hydrogen) atoms. The lowest BCUT2D eigenvalue weighted by Gasteiger charge is -2.40. The largest absolute Gasteiger partial charge is 0.456 e. The van der Waals surface area contributed by atoms with E-state index in [0.29, 0.717) is 41.8 Å². The molecule has 2 aromatic carbocycles. The molecule has 2 aromatic rings. The lowest BCUT2D eigenvalue weighted by Crippen LogP contribution is -2.62. The van der Waals surface area contributed by atoms with Gasteiger partial charge in [-0.05, 0) is 36.5 Å². The Bertz CT molecular complexity index is 1040. The molecule has 0 saturated heterocycles. The second-order valence-electron chi connectivity index (χ2n) is 8.35. The molecule has 1 saturated carbocycles. The third-order valence-corrected chi connectivity index (χ3v) is 6.67. The number of rotatable bonds is 4. The fourth-order valence-electron chi connectivity index (χ4n) is 5.20. The average molecular weight is 378 g/mol. The number of fused-ring (bicyclic) bond motifs is 5. The summed E-state index contributed by atoms with van der Waals surface area (Å²) in [7, 11) is 0. The highest BCUT2D eigenvalue weighted by molar-refractivity contribution is 6.15. The van der Waals surface area contributed by atoms with Crippen molar-refractivity contribution in [3.05, 3.63) is 58.7 Å². The minimum absolute atomic E-state index is 0.265. The zero-order chi connectivity index (χ0) is 19.9. The second kappa shape index (κ2) is 5.14. The van der Waals surface area contributed by atoms with Crippen LogP contribution in [0.25, 0.3) is 0 Å². The van der Waals surface area contributed by atoms with Crippen molar-refractivity contribution in [1.29, 1.82) is 0 Å². The lowest BCUT2D eigenvalue weighted by molar-refractivity contribution is -0.174. The van der Waals surface area contributed by atoms with Crippen molar-refractivity contribution in [1.82, 2.24) is 5.32 Å². The van der Waals surface area contributed by atoms with E-state index >= 15 is 0 Å². The molecular formula is C22H22N2O4. The van der Waals surface area contributed by atoms with Crippen LogP contribution in [0.2, 0.25) is 0 Å². The summed E-state index contributed by atoms with van der Waals surface area (Å²) in [6.45, 7) is 4.14. The SMILES string of the molecule is CC(C)c1ccc2c(c1)OC1(O)c3cccc(N)c3C(=O)C21C1(NC=O)CC1. The highest BCUT2D eigenvalue weighted by Crippen LogP contribution is 2.69. The predicted octanol–water partition coefficient (Wildman–Crippen LogP) is 2.34. The third kappa shape index (κ3) is 1.68. The number of hydrogen-bond acceptors (Lipinski definition) is 5. The van der Waals surface area contributed by atoms with Gasteiger partial charge in [-0.2, -0.15) is 0 Å². The van der Waals surface area contributed by atoms with Crippen molar-refractivity contribution in [2.75, 3.05) is 5.73 Å². The molecule has 144 valence electrons. The van der Waals surface area contributed by atoms with Gasteiger partial charge in [-0.3, -0.25) is 9.59 Å². The normalized spacial score (nSPS) is 28.4. The van der Waals surface area contributed by atoms with Gasteiger partial charge in [0, 0.05) is 16.8 Å². The highest BCUT2D eigenvalue weighted by Gasteiger charge is 2.81. The van der Waals surface area contributed by atoms with Gasteiger partial charge in [-0.1, -0.05) is 38.1 Å². The van der Waals surface area contributed by atoms with Crippen LogP contribution in [-0.2, 0) is 16.0 Å². The first-order valence-corrected chi connectivity index (χ1v) is 9.53. The van der Waals surface area contributed by atoms with Crippen molar-refractivity contribution in [3.63, 3.8) is 0 Å². The van der Waals surface area contributed by atoms with Crippen molar-refractivity contribution >= 4 is 17.9 Å². The molecule has 0 spiro atoms. The van der Waals surface area contributed by atoms with E-state index in [1.807, 2.05) is 18.2 Å². The Morgan fingerprint density at radius 3 is 2.61 bits per heavy atom. The molecule has 2 atom stereocenters. The van der Waals surface area contributed by atoms with Gasteiger partial charge in [0.2, 0.25) is 6.41 Å². The van der Waals surface area contributed by atoms with Crippen LogP contribution in [0.4, 0.5) is 5.69 Å². The van der Waals surface area contributed by atoms with Gasteiger partial charge in [0.1, 0.15) is 5.75 Å². The van der Waals surface area contributed by atoms with Gasteiger partial charge in [-0.15, -0.1) is 0 Å². The van der Waals surface area contributed by atoms with Crippen LogP contribution in [0.5, 0.6) is 5.75 Å². The number of nitrogen functional groups attached to an aromatic ring is 1. The van der Waals surface area contributed by atoms with Crippen LogP contribution >= 0.6 is 0 Å². The maximum Gasteiger partial charge on any atom is 0.255 e. The molecular weight excluding hydrogens is 356 g/mol. The molecule has 1 amide bonds. The number of carbonyl (C=O) groups excluding carboxylic acids is 2. The van der Waals surface area contributed by atoms with E-state index in [2.05, 4.69) is 19.2 Å². The van der Waals surface area contributed by atoms with Crippen LogP contribution < -0.4 is 15.8 Å². The Hall–Kier alpha value is -2.86. The summed E-state index contributed by atoms with van der Waals surface area (Å²) in [5.74, 6) is -1.47. The topological polar surface area (TPSA) is 102 Å². The zero-order valence-corrected chi connectivity index (χ0v) is 15.8. The van der Waals surface area contributed by atoms with E-state index in [4.69, 9.17) is 10.5 Å². The Balaban J connectivity index is 1.85. The number of aliphatic hydroxyl groups is 1. The standard InChI is InChI=1S/C22H22N2O4/c1-12(2)13-6-7-14-17(10-13)28-22(27)15-4-3-5-16(23)18(15)19(26)21(14,22)20(8-9-20)24-11-25/h3-7,10-12,27H,8-9,23H2,1-2H3,(H,24,25). The molecule has 2 aliphatic carbocycles. The first-order valence-electron chi connectivity index (χ1n) is 9.53. The van der Waals surface area contributed by atoms with Gasteiger partial charge in [0.15, 0.2) is 11.2 Å². The van der Waals surface area contributed by atoms with Crippen molar-refractivity contribution < 1.29 is 19.4 Å². The summed E-state index contributed by atoms with van der Waals surface area (Å²) in [4.78, 5) is 25.3. The van der Waals surface area contributed by atoms with Crippen LogP contribution in [0, 0.1) is 0 Å². The molecule has 4 N–H and O–H groups in total. The van der Waals surface area contributed by atoms with Crippen molar-refractivity contribution in [2.45, 2.75) is 49.3 Å². The maximum atomic E-state index is 13.9. The number of ether oxygens (including phenoxy) is 1. The molecule has 0 radical (unpaired) electrons. The monoisotopic (exact) mass is 378 g/mol. The number of Topliss-reactive ketones (excluding diaryl/α,β-unsaturated/α-hetero) is 1. The van der Waals surface area contributed by atoms with E-state index in [9.17, 15) is 14.7 Å². The molecule has 5 rings (SSSR count). The van der Waals surface area contributed by atoms with E-state index < -0.39 is 16.7 Å². The first kappa shape index (κ1) is 17.3. The minimum Gasteiger partial charge on any atom is -0.456 e. The van der Waals surface area contributed by atoms with E-state index in [0.717, 1.165) is 5.56 Å². The molecule has 1 aliphatic heterocycles. The van der Waals surface area contributed by atoms with Crippen LogP contribution in [0.1, 0.15) is 59.7 Å². The van der Waals surface area contributed by atoms with Gasteiger partial charge in [0.05, 0.1) is 11.1 Å².